The average Bonchev–Trinajstić information content (AvgIpc) is 3.96. The second-order valence-corrected chi connectivity index (χ2v) is 13.1. The van der Waals surface area contributed by atoms with Crippen LogP contribution in [0.4, 0.5) is 0 Å². The van der Waals surface area contributed by atoms with Crippen LogP contribution >= 0.6 is 11.6 Å². The van der Waals surface area contributed by atoms with E-state index in [2.05, 4.69) is 69.8 Å². The molecule has 0 amide bonds. The minimum atomic E-state index is 0.555. The summed E-state index contributed by atoms with van der Waals surface area (Å²) in [5.74, 6) is 1.53. The highest BCUT2D eigenvalue weighted by molar-refractivity contribution is 6.34. The van der Waals surface area contributed by atoms with Crippen LogP contribution in [0.3, 0.4) is 0 Å². The molecule has 0 radical (unpaired) electrons. The predicted molar refractivity (Wildman–Crippen MR) is 206 cm³/mol. The third-order valence-electron chi connectivity index (χ3n) is 9.84. The smallest absolute Gasteiger partial charge is 0.163 e. The molecule has 4 aromatic heterocycles. The van der Waals surface area contributed by atoms with Crippen molar-refractivity contribution in [3.8, 4) is 34.2 Å². The van der Waals surface area contributed by atoms with Gasteiger partial charge in [-0.3, -0.25) is 9.13 Å². The number of halogens is 1. The summed E-state index contributed by atoms with van der Waals surface area (Å²) in [5, 5.41) is 4.72. The Morgan fingerprint density at radius 3 is 1.31 bits per heavy atom. The summed E-state index contributed by atoms with van der Waals surface area (Å²) < 4.78 is 17.2. The fourth-order valence-corrected chi connectivity index (χ4v) is 7.84. The van der Waals surface area contributed by atoms with Gasteiger partial charge < -0.3 is 8.83 Å². The first kappa shape index (κ1) is 28.2. The van der Waals surface area contributed by atoms with E-state index in [4.69, 9.17) is 30.4 Å². The van der Waals surface area contributed by atoms with Crippen molar-refractivity contribution in [1.29, 1.82) is 0 Å². The first-order valence-corrected chi connectivity index (χ1v) is 17.2. The van der Waals surface area contributed by atoms with Crippen molar-refractivity contribution >= 4 is 77.5 Å². The lowest BCUT2D eigenvalue weighted by Crippen LogP contribution is -2.03. The molecule has 0 fully saturated rings. The molecule has 0 spiro atoms. The summed E-state index contributed by atoms with van der Waals surface area (Å²) >= 11 is 7.63. The number of imidazole rings is 2. The Morgan fingerprint density at radius 1 is 0.412 bits per heavy atom. The van der Waals surface area contributed by atoms with Crippen molar-refractivity contribution in [3.63, 3.8) is 0 Å². The molecule has 240 valence electrons. The number of hydrogen-bond acceptors (Lipinski definition) is 4. The fraction of sp³-hybridized carbons (Fsp3) is 0. The van der Waals surface area contributed by atoms with E-state index in [1.165, 1.54) is 0 Å². The summed E-state index contributed by atoms with van der Waals surface area (Å²) in [6, 6.07) is 51.2. The number of hydrogen-bond donors (Lipinski definition) is 0. The van der Waals surface area contributed by atoms with Crippen LogP contribution in [0.25, 0.3) is 100 Å². The molecule has 0 aliphatic carbocycles. The predicted octanol–water partition coefficient (Wildman–Crippen LogP) is 12.2. The fourth-order valence-electron chi connectivity index (χ4n) is 7.55. The van der Waals surface area contributed by atoms with Crippen LogP contribution < -0.4 is 0 Å². The molecule has 0 aliphatic heterocycles. The van der Waals surface area contributed by atoms with E-state index in [1.54, 1.807) is 0 Å². The molecule has 0 N–H and O–H groups in total. The van der Waals surface area contributed by atoms with Gasteiger partial charge in [-0.25, -0.2) is 9.97 Å². The van der Waals surface area contributed by atoms with Crippen molar-refractivity contribution < 1.29 is 8.83 Å². The minimum absolute atomic E-state index is 0.555. The van der Waals surface area contributed by atoms with Gasteiger partial charge in [0.15, 0.2) is 11.2 Å². The molecule has 0 atom stereocenters. The lowest BCUT2D eigenvalue weighted by atomic mass is 10.1. The summed E-state index contributed by atoms with van der Waals surface area (Å²) in [6.07, 6.45) is 0. The van der Waals surface area contributed by atoms with Gasteiger partial charge in [-0.15, -0.1) is 0 Å². The lowest BCUT2D eigenvalue weighted by Gasteiger charge is -2.17. The molecule has 7 aromatic carbocycles. The Balaban J connectivity index is 1.21. The Bertz CT molecular complexity index is 2940. The number of furan rings is 2. The molecule has 7 heteroatoms. The van der Waals surface area contributed by atoms with Crippen LogP contribution in [-0.2, 0) is 0 Å². The summed E-state index contributed by atoms with van der Waals surface area (Å²) in [5.41, 5.74) is 9.98. The van der Waals surface area contributed by atoms with E-state index in [-0.39, 0.29) is 0 Å². The maximum absolute atomic E-state index is 7.63. The van der Waals surface area contributed by atoms with Gasteiger partial charge >= 0.3 is 0 Å². The highest BCUT2D eigenvalue weighted by Crippen LogP contribution is 2.42. The molecule has 11 rings (SSSR count). The van der Waals surface area contributed by atoms with E-state index in [9.17, 15) is 0 Å². The van der Waals surface area contributed by atoms with Crippen LogP contribution in [0.1, 0.15) is 0 Å². The number of fused-ring (bicyclic) bond motifs is 10. The van der Waals surface area contributed by atoms with Crippen LogP contribution in [-0.4, -0.2) is 19.1 Å². The van der Waals surface area contributed by atoms with Crippen LogP contribution in [0.5, 0.6) is 0 Å². The zero-order chi connectivity index (χ0) is 33.6. The second-order valence-electron chi connectivity index (χ2n) is 12.7. The standard InChI is InChI=1S/C44H25ClN4O2/c45-38-32(48-34-24-22-30-28-16-7-9-20-36(28)50-41(30)39(34)46-43(48)26-12-3-1-4-13-26)18-11-19-33(38)49-35-25-23-31-29-17-8-10-21-37(29)51-42(31)40(35)47-44(49)27-14-5-2-6-15-27/h1-25H. The molecule has 0 saturated carbocycles. The first-order valence-electron chi connectivity index (χ1n) is 16.8. The molecular formula is C44H25ClN4O2. The van der Waals surface area contributed by atoms with E-state index in [0.29, 0.717) is 5.02 Å². The molecule has 0 unspecified atom stereocenters. The van der Waals surface area contributed by atoms with E-state index >= 15 is 0 Å². The van der Waals surface area contributed by atoms with Gasteiger partial charge in [0.05, 0.1) is 27.4 Å². The monoisotopic (exact) mass is 676 g/mol. The molecule has 6 nitrogen and oxygen atoms in total. The zero-order valence-electron chi connectivity index (χ0n) is 26.9. The number of rotatable bonds is 4. The van der Waals surface area contributed by atoms with Crippen LogP contribution in [0.2, 0.25) is 5.02 Å². The van der Waals surface area contributed by atoms with Crippen LogP contribution in [0.15, 0.2) is 160 Å². The topological polar surface area (TPSA) is 61.9 Å². The van der Waals surface area contributed by atoms with Gasteiger partial charge in [0.2, 0.25) is 0 Å². The maximum Gasteiger partial charge on any atom is 0.163 e. The Labute approximate surface area is 295 Å². The molecule has 4 heterocycles. The molecule has 11 aromatic rings. The molecule has 0 saturated heterocycles. The van der Waals surface area contributed by atoms with Crippen LogP contribution in [0, 0.1) is 0 Å². The van der Waals surface area contributed by atoms with E-state index in [1.807, 2.05) is 91.0 Å². The van der Waals surface area contributed by atoms with Gasteiger partial charge in [-0.2, -0.15) is 0 Å². The quantitative estimate of drug-likeness (QED) is 0.186. The van der Waals surface area contributed by atoms with Crippen molar-refractivity contribution in [2.24, 2.45) is 0 Å². The van der Waals surface area contributed by atoms with Gasteiger partial charge in [0, 0.05) is 32.7 Å². The number of para-hydroxylation sites is 2. The summed E-state index contributed by atoms with van der Waals surface area (Å²) in [6.45, 7) is 0. The van der Waals surface area contributed by atoms with Gasteiger partial charge in [-0.05, 0) is 48.5 Å². The number of aromatic nitrogens is 4. The molecule has 51 heavy (non-hydrogen) atoms. The average molecular weight is 677 g/mol. The SMILES string of the molecule is Clc1c(-n2c(-c3ccccc3)nc3c4oc5ccccc5c4ccc32)cccc1-n1c(-c2ccccc2)nc2c3oc4ccccc4c3ccc21. The largest absolute Gasteiger partial charge is 0.454 e. The second kappa shape index (κ2) is 10.7. The van der Waals surface area contributed by atoms with E-state index in [0.717, 1.165) is 100 Å². The van der Waals surface area contributed by atoms with Crippen molar-refractivity contribution in [1.82, 2.24) is 19.1 Å². The summed E-state index contributed by atoms with van der Waals surface area (Å²) in [7, 11) is 0. The zero-order valence-corrected chi connectivity index (χ0v) is 27.7. The minimum Gasteiger partial charge on any atom is -0.454 e. The molecule has 0 bridgehead atoms. The Kier molecular flexibility index (Phi) is 5.91. The Morgan fingerprint density at radius 2 is 0.843 bits per heavy atom. The Hall–Kier alpha value is -6.63. The normalized spacial score (nSPS) is 12.0. The van der Waals surface area contributed by atoms with E-state index < -0.39 is 0 Å². The number of benzene rings is 7. The maximum atomic E-state index is 7.63. The summed E-state index contributed by atoms with van der Waals surface area (Å²) in [4.78, 5) is 10.5. The number of nitrogens with zero attached hydrogens (tertiary/aromatic N) is 4. The highest BCUT2D eigenvalue weighted by Gasteiger charge is 2.25. The molecule has 0 aliphatic rings. The van der Waals surface area contributed by atoms with Gasteiger partial charge in [0.25, 0.3) is 0 Å². The first-order chi connectivity index (χ1) is 25.2. The highest BCUT2D eigenvalue weighted by atomic mass is 35.5. The molecular weight excluding hydrogens is 652 g/mol. The lowest BCUT2D eigenvalue weighted by molar-refractivity contribution is 0.671. The van der Waals surface area contributed by atoms with Crippen molar-refractivity contribution in [3.05, 3.63) is 157 Å². The van der Waals surface area contributed by atoms with Gasteiger partial charge in [-0.1, -0.05) is 115 Å². The third kappa shape index (κ3) is 4.05. The van der Waals surface area contributed by atoms with Gasteiger partial charge in [0.1, 0.15) is 33.8 Å². The third-order valence-corrected chi connectivity index (χ3v) is 10.2. The van der Waals surface area contributed by atoms with Crippen molar-refractivity contribution in [2.45, 2.75) is 0 Å². The van der Waals surface area contributed by atoms with Crippen molar-refractivity contribution in [2.75, 3.05) is 0 Å².